The lowest BCUT2D eigenvalue weighted by atomic mass is 10.2. The lowest BCUT2D eigenvalue weighted by Gasteiger charge is -2.12. The van der Waals surface area contributed by atoms with Gasteiger partial charge in [-0.3, -0.25) is 14.2 Å². The summed E-state index contributed by atoms with van der Waals surface area (Å²) in [5.41, 5.74) is 0.410. The number of carbonyl (C=O) groups excluding carboxylic acids is 1. The van der Waals surface area contributed by atoms with Crippen LogP contribution in [0, 0.1) is 0 Å². The molecule has 0 saturated carbocycles. The molecule has 106 valence electrons. The molecule has 0 fully saturated rings. The second kappa shape index (κ2) is 6.17. The number of fused-ring (bicyclic) bond motifs is 1. The quantitative estimate of drug-likeness (QED) is 0.928. The van der Waals surface area contributed by atoms with Gasteiger partial charge in [-0.15, -0.1) is 0 Å². The van der Waals surface area contributed by atoms with E-state index in [-0.39, 0.29) is 24.1 Å². The van der Waals surface area contributed by atoms with Crippen LogP contribution in [0.25, 0.3) is 10.9 Å². The van der Waals surface area contributed by atoms with E-state index in [1.807, 2.05) is 19.9 Å². The molecule has 1 heterocycles. The number of nitrogens with one attached hydrogen (secondary N) is 1. The normalized spacial score (nSPS) is 12.3. The largest absolute Gasteiger partial charge is 0.352 e. The molecule has 1 amide bonds. The van der Waals surface area contributed by atoms with E-state index in [4.69, 9.17) is 0 Å². The number of nitrogens with zero attached hydrogens (tertiary/aromatic N) is 2. The van der Waals surface area contributed by atoms with Crippen molar-refractivity contribution in [2.45, 2.75) is 32.9 Å². The first-order valence-electron chi connectivity index (χ1n) is 6.45. The van der Waals surface area contributed by atoms with Crippen molar-refractivity contribution in [3.8, 4) is 0 Å². The van der Waals surface area contributed by atoms with Crippen LogP contribution in [0.3, 0.4) is 0 Å². The Morgan fingerprint density at radius 2 is 2.25 bits per heavy atom. The molecule has 5 nitrogen and oxygen atoms in total. The second-order valence-corrected chi connectivity index (χ2v) is 5.63. The molecule has 0 saturated heterocycles. The van der Waals surface area contributed by atoms with Crippen LogP contribution in [0.5, 0.6) is 0 Å². The van der Waals surface area contributed by atoms with Crippen molar-refractivity contribution in [2.75, 3.05) is 0 Å². The third-order valence-corrected chi connectivity index (χ3v) is 3.61. The molecule has 0 aliphatic heterocycles. The standard InChI is InChI=1S/C14H16BrN3O2/c1-3-9(2)17-13(19)7-18-8-16-12-5-4-10(15)6-11(12)14(18)20/h4-6,8-9H,3,7H2,1-2H3,(H,17,19)/t9-/m1/s1. The molecule has 0 aliphatic carbocycles. The fraction of sp³-hybridized carbons (Fsp3) is 0.357. The van der Waals surface area contributed by atoms with Gasteiger partial charge < -0.3 is 5.32 Å². The Hall–Kier alpha value is -1.69. The highest BCUT2D eigenvalue weighted by Crippen LogP contribution is 2.14. The minimum absolute atomic E-state index is 0.0153. The van der Waals surface area contributed by atoms with Crippen LogP contribution >= 0.6 is 15.9 Å². The maximum absolute atomic E-state index is 12.3. The van der Waals surface area contributed by atoms with Crippen molar-refractivity contribution < 1.29 is 4.79 Å². The van der Waals surface area contributed by atoms with Gasteiger partial charge in [0, 0.05) is 10.5 Å². The molecule has 1 aromatic heterocycles. The van der Waals surface area contributed by atoms with Crippen molar-refractivity contribution in [3.63, 3.8) is 0 Å². The molecule has 0 spiro atoms. The van der Waals surface area contributed by atoms with Gasteiger partial charge in [0.2, 0.25) is 5.91 Å². The molecule has 0 radical (unpaired) electrons. The fourth-order valence-corrected chi connectivity index (χ4v) is 2.18. The van der Waals surface area contributed by atoms with Gasteiger partial charge in [-0.1, -0.05) is 22.9 Å². The van der Waals surface area contributed by atoms with E-state index in [0.29, 0.717) is 10.9 Å². The summed E-state index contributed by atoms with van der Waals surface area (Å²) >= 11 is 3.33. The third kappa shape index (κ3) is 3.25. The Morgan fingerprint density at radius 3 is 2.95 bits per heavy atom. The monoisotopic (exact) mass is 337 g/mol. The molecule has 1 N–H and O–H groups in total. The molecule has 2 aromatic rings. The molecule has 0 aliphatic rings. The molecule has 2 rings (SSSR count). The summed E-state index contributed by atoms with van der Waals surface area (Å²) in [5.74, 6) is -0.183. The van der Waals surface area contributed by atoms with E-state index >= 15 is 0 Å². The first kappa shape index (κ1) is 14.7. The van der Waals surface area contributed by atoms with Crippen LogP contribution in [0.15, 0.2) is 33.8 Å². The van der Waals surface area contributed by atoms with Gasteiger partial charge in [0.05, 0.1) is 17.2 Å². The summed E-state index contributed by atoms with van der Waals surface area (Å²) < 4.78 is 2.14. The topological polar surface area (TPSA) is 64.0 Å². The molecule has 1 aromatic carbocycles. The van der Waals surface area contributed by atoms with Crippen molar-refractivity contribution in [1.29, 1.82) is 0 Å². The number of halogens is 1. The number of hydrogen-bond donors (Lipinski definition) is 1. The molecule has 6 heteroatoms. The summed E-state index contributed by atoms with van der Waals surface area (Å²) in [5, 5.41) is 3.33. The molecule has 20 heavy (non-hydrogen) atoms. The maximum Gasteiger partial charge on any atom is 0.261 e. The van der Waals surface area contributed by atoms with E-state index in [0.717, 1.165) is 10.9 Å². The van der Waals surface area contributed by atoms with E-state index in [2.05, 4.69) is 26.2 Å². The Bertz CT molecular complexity index is 696. The number of hydrogen-bond acceptors (Lipinski definition) is 3. The second-order valence-electron chi connectivity index (χ2n) is 4.72. The van der Waals surface area contributed by atoms with E-state index < -0.39 is 0 Å². The number of benzene rings is 1. The molecular weight excluding hydrogens is 322 g/mol. The zero-order chi connectivity index (χ0) is 14.7. The minimum Gasteiger partial charge on any atom is -0.352 e. The molecule has 0 bridgehead atoms. The predicted octanol–water partition coefficient (Wildman–Crippen LogP) is 2.07. The first-order chi connectivity index (χ1) is 9.51. The molecular formula is C14H16BrN3O2. The predicted molar refractivity (Wildman–Crippen MR) is 81.6 cm³/mol. The van der Waals surface area contributed by atoms with E-state index in [1.54, 1.807) is 12.1 Å². The van der Waals surface area contributed by atoms with Crippen LogP contribution in [0.2, 0.25) is 0 Å². The Morgan fingerprint density at radius 1 is 1.50 bits per heavy atom. The highest BCUT2D eigenvalue weighted by atomic mass is 79.9. The van der Waals surface area contributed by atoms with Crippen molar-refractivity contribution in [3.05, 3.63) is 39.4 Å². The lowest BCUT2D eigenvalue weighted by Crippen LogP contribution is -2.37. The Labute approximate surface area is 125 Å². The van der Waals surface area contributed by atoms with Gasteiger partial charge in [0.25, 0.3) is 5.56 Å². The van der Waals surface area contributed by atoms with E-state index in [1.165, 1.54) is 10.9 Å². The maximum atomic E-state index is 12.3. The zero-order valence-corrected chi connectivity index (χ0v) is 13.0. The summed E-state index contributed by atoms with van der Waals surface area (Å²) in [4.78, 5) is 28.3. The average molecular weight is 338 g/mol. The van der Waals surface area contributed by atoms with Crippen LogP contribution in [0.1, 0.15) is 20.3 Å². The summed E-state index contributed by atoms with van der Waals surface area (Å²) in [7, 11) is 0. The number of rotatable bonds is 4. The highest BCUT2D eigenvalue weighted by molar-refractivity contribution is 9.10. The molecule has 1 atom stereocenters. The van der Waals surface area contributed by atoms with Crippen LogP contribution < -0.4 is 10.9 Å². The Kier molecular flexibility index (Phi) is 4.54. The van der Waals surface area contributed by atoms with Gasteiger partial charge >= 0.3 is 0 Å². The fourth-order valence-electron chi connectivity index (χ4n) is 1.82. The van der Waals surface area contributed by atoms with Crippen LogP contribution in [-0.2, 0) is 11.3 Å². The van der Waals surface area contributed by atoms with E-state index in [9.17, 15) is 9.59 Å². The summed E-state index contributed by atoms with van der Waals surface area (Å²) in [6.45, 7) is 3.90. The smallest absolute Gasteiger partial charge is 0.261 e. The van der Waals surface area contributed by atoms with Gasteiger partial charge in [-0.05, 0) is 31.5 Å². The van der Waals surface area contributed by atoms with Crippen molar-refractivity contribution >= 4 is 32.7 Å². The zero-order valence-electron chi connectivity index (χ0n) is 11.4. The van der Waals surface area contributed by atoms with Gasteiger partial charge in [0.15, 0.2) is 0 Å². The van der Waals surface area contributed by atoms with Crippen molar-refractivity contribution in [1.82, 2.24) is 14.9 Å². The van der Waals surface area contributed by atoms with Gasteiger partial charge in [0.1, 0.15) is 6.54 Å². The molecule has 0 unspecified atom stereocenters. The lowest BCUT2D eigenvalue weighted by molar-refractivity contribution is -0.122. The number of carbonyl (C=O) groups is 1. The first-order valence-corrected chi connectivity index (χ1v) is 7.24. The van der Waals surface area contributed by atoms with Crippen molar-refractivity contribution in [2.24, 2.45) is 0 Å². The summed E-state index contributed by atoms with van der Waals surface area (Å²) in [6.07, 6.45) is 2.26. The Balaban J connectivity index is 2.29. The number of aromatic nitrogens is 2. The highest BCUT2D eigenvalue weighted by Gasteiger charge is 2.10. The van der Waals surface area contributed by atoms with Crippen LogP contribution in [-0.4, -0.2) is 21.5 Å². The minimum atomic E-state index is -0.212. The average Bonchev–Trinajstić information content (AvgIpc) is 2.42. The van der Waals surface area contributed by atoms with Crippen LogP contribution in [0.4, 0.5) is 0 Å². The van der Waals surface area contributed by atoms with Gasteiger partial charge in [-0.2, -0.15) is 0 Å². The summed E-state index contributed by atoms with van der Waals surface area (Å²) in [6, 6.07) is 5.41. The number of amides is 1. The third-order valence-electron chi connectivity index (χ3n) is 3.12. The SMILES string of the molecule is CC[C@@H](C)NC(=O)Cn1cnc2ccc(Br)cc2c1=O. The van der Waals surface area contributed by atoms with Gasteiger partial charge in [-0.25, -0.2) is 4.98 Å².